The second-order valence-electron chi connectivity index (χ2n) is 4.19. The predicted octanol–water partition coefficient (Wildman–Crippen LogP) is 6.02. The summed E-state index contributed by atoms with van der Waals surface area (Å²) in [5, 5.41) is 6.43. The van der Waals surface area contributed by atoms with E-state index in [1.165, 1.54) is 10.4 Å². The molecule has 0 radical (unpaired) electrons. The van der Waals surface area contributed by atoms with Crippen molar-refractivity contribution in [2.45, 2.75) is 19.4 Å². The van der Waals surface area contributed by atoms with Crippen molar-refractivity contribution in [2.75, 3.05) is 6.54 Å². The van der Waals surface area contributed by atoms with Gasteiger partial charge in [-0.1, -0.05) is 24.6 Å². The Morgan fingerprint density at radius 1 is 1.26 bits per heavy atom. The van der Waals surface area contributed by atoms with Gasteiger partial charge in [0.1, 0.15) is 0 Å². The highest BCUT2D eigenvalue weighted by Gasteiger charge is 2.18. The Bertz CT molecular complexity index is 556. The van der Waals surface area contributed by atoms with Gasteiger partial charge in [-0.2, -0.15) is 0 Å². The van der Waals surface area contributed by atoms with Crippen molar-refractivity contribution in [3.05, 3.63) is 54.1 Å². The molecule has 0 fully saturated rings. The van der Waals surface area contributed by atoms with Gasteiger partial charge in [0.05, 0.1) is 11.1 Å². The molecule has 0 spiro atoms. The van der Waals surface area contributed by atoms with Crippen LogP contribution in [0.15, 0.2) is 38.6 Å². The fourth-order valence-electron chi connectivity index (χ4n) is 1.85. The molecule has 0 aliphatic carbocycles. The first-order valence-corrected chi connectivity index (χ1v) is 8.89. The monoisotopic (exact) mass is 421 g/mol. The molecule has 0 amide bonds. The molecule has 2 aromatic rings. The van der Waals surface area contributed by atoms with E-state index in [2.05, 4.69) is 67.7 Å². The number of rotatable bonds is 5. The molecule has 0 aliphatic rings. The quantitative estimate of drug-likeness (QED) is 0.620. The number of hydrogen-bond acceptors (Lipinski definition) is 2. The lowest BCUT2D eigenvalue weighted by Gasteiger charge is -2.19. The van der Waals surface area contributed by atoms with Gasteiger partial charge in [-0.05, 0) is 74.0 Å². The summed E-state index contributed by atoms with van der Waals surface area (Å²) in [4.78, 5) is 1.29. The summed E-state index contributed by atoms with van der Waals surface area (Å²) >= 11 is 14.9. The third-order valence-corrected chi connectivity index (χ3v) is 5.93. The average molecular weight is 424 g/mol. The van der Waals surface area contributed by atoms with Crippen molar-refractivity contribution in [3.63, 3.8) is 0 Å². The topological polar surface area (TPSA) is 12.0 Å². The summed E-state index contributed by atoms with van der Waals surface area (Å²) in [5.41, 5.74) is 1.22. The summed E-state index contributed by atoms with van der Waals surface area (Å²) in [7, 11) is 0. The Hall–Kier alpha value is 0.130. The SMILES string of the molecule is CCCNC(c1ccc(Cl)c(Br)c1)c1sccc1Br. The summed E-state index contributed by atoms with van der Waals surface area (Å²) in [6.45, 7) is 3.15. The summed E-state index contributed by atoms with van der Waals surface area (Å²) < 4.78 is 2.08. The van der Waals surface area contributed by atoms with E-state index in [9.17, 15) is 0 Å². The van der Waals surface area contributed by atoms with E-state index in [0.717, 1.165) is 26.9 Å². The molecule has 5 heteroatoms. The largest absolute Gasteiger partial charge is 0.306 e. The maximum atomic E-state index is 6.07. The number of nitrogens with one attached hydrogen (secondary N) is 1. The lowest BCUT2D eigenvalue weighted by molar-refractivity contribution is 0.604. The Morgan fingerprint density at radius 2 is 2.05 bits per heavy atom. The molecule has 102 valence electrons. The van der Waals surface area contributed by atoms with E-state index in [0.29, 0.717) is 0 Å². The lowest BCUT2D eigenvalue weighted by Crippen LogP contribution is -2.22. The zero-order valence-electron chi connectivity index (χ0n) is 10.4. The van der Waals surface area contributed by atoms with Crippen molar-refractivity contribution >= 4 is 54.8 Å². The summed E-state index contributed by atoms with van der Waals surface area (Å²) in [5.74, 6) is 0. The number of benzene rings is 1. The molecule has 1 atom stereocenters. The highest BCUT2D eigenvalue weighted by Crippen LogP contribution is 2.35. The molecule has 19 heavy (non-hydrogen) atoms. The van der Waals surface area contributed by atoms with Gasteiger partial charge in [-0.15, -0.1) is 11.3 Å². The van der Waals surface area contributed by atoms with Gasteiger partial charge in [0.2, 0.25) is 0 Å². The highest BCUT2D eigenvalue weighted by atomic mass is 79.9. The molecule has 2 rings (SSSR count). The molecule has 1 aromatic carbocycles. The number of hydrogen-bond donors (Lipinski definition) is 1. The van der Waals surface area contributed by atoms with Gasteiger partial charge in [-0.3, -0.25) is 0 Å². The molecule has 0 saturated carbocycles. The lowest BCUT2D eigenvalue weighted by atomic mass is 10.1. The minimum absolute atomic E-state index is 0.197. The molecular formula is C14H14Br2ClNS. The smallest absolute Gasteiger partial charge is 0.0682 e. The fraction of sp³-hybridized carbons (Fsp3) is 0.286. The second-order valence-corrected chi connectivity index (χ2v) is 7.26. The van der Waals surface area contributed by atoms with Crippen molar-refractivity contribution in [2.24, 2.45) is 0 Å². The van der Waals surface area contributed by atoms with Gasteiger partial charge in [0, 0.05) is 13.8 Å². The van der Waals surface area contributed by atoms with Crippen molar-refractivity contribution < 1.29 is 0 Å². The van der Waals surface area contributed by atoms with Crippen LogP contribution in [0.1, 0.15) is 29.8 Å². The maximum Gasteiger partial charge on any atom is 0.0682 e. The van der Waals surface area contributed by atoms with E-state index >= 15 is 0 Å². The average Bonchev–Trinajstić information content (AvgIpc) is 2.80. The van der Waals surface area contributed by atoms with Crippen LogP contribution in [0.3, 0.4) is 0 Å². The van der Waals surface area contributed by atoms with Gasteiger partial charge in [0.15, 0.2) is 0 Å². The van der Waals surface area contributed by atoms with Gasteiger partial charge >= 0.3 is 0 Å². The van der Waals surface area contributed by atoms with Crippen molar-refractivity contribution in [1.29, 1.82) is 0 Å². The maximum absolute atomic E-state index is 6.07. The van der Waals surface area contributed by atoms with Crippen LogP contribution in [-0.4, -0.2) is 6.54 Å². The molecule has 1 heterocycles. The Balaban J connectivity index is 2.37. The molecule has 1 nitrogen and oxygen atoms in total. The first-order valence-electron chi connectivity index (χ1n) is 6.04. The third-order valence-electron chi connectivity index (χ3n) is 2.78. The molecule has 1 aromatic heterocycles. The number of thiophene rings is 1. The van der Waals surface area contributed by atoms with Crippen LogP contribution in [0.5, 0.6) is 0 Å². The molecule has 0 aliphatic heterocycles. The van der Waals surface area contributed by atoms with Crippen LogP contribution in [0.2, 0.25) is 5.02 Å². The zero-order valence-corrected chi connectivity index (χ0v) is 15.2. The van der Waals surface area contributed by atoms with Crippen LogP contribution in [0.25, 0.3) is 0 Å². The van der Waals surface area contributed by atoms with E-state index in [-0.39, 0.29) is 6.04 Å². The number of halogens is 3. The van der Waals surface area contributed by atoms with Gasteiger partial charge in [-0.25, -0.2) is 0 Å². The Labute approximate surface area is 139 Å². The zero-order chi connectivity index (χ0) is 13.8. The van der Waals surface area contributed by atoms with Gasteiger partial charge < -0.3 is 5.32 Å². The molecule has 0 bridgehead atoms. The van der Waals surface area contributed by atoms with E-state index in [1.54, 1.807) is 11.3 Å². The predicted molar refractivity (Wildman–Crippen MR) is 91.3 cm³/mol. The molecule has 1 unspecified atom stereocenters. The Morgan fingerprint density at radius 3 is 2.63 bits per heavy atom. The molecular weight excluding hydrogens is 409 g/mol. The minimum Gasteiger partial charge on any atom is -0.306 e. The standard InChI is InChI=1S/C14H14Br2ClNS/c1-2-6-18-13(14-10(15)5-7-19-14)9-3-4-12(17)11(16)8-9/h3-5,7-8,13,18H,2,6H2,1H3. The van der Waals surface area contributed by atoms with E-state index in [4.69, 9.17) is 11.6 Å². The highest BCUT2D eigenvalue weighted by molar-refractivity contribution is 9.10. The van der Waals surface area contributed by atoms with Crippen LogP contribution in [-0.2, 0) is 0 Å². The van der Waals surface area contributed by atoms with Crippen LogP contribution < -0.4 is 5.32 Å². The minimum atomic E-state index is 0.197. The van der Waals surface area contributed by atoms with E-state index in [1.807, 2.05) is 6.07 Å². The van der Waals surface area contributed by atoms with Gasteiger partial charge in [0.25, 0.3) is 0 Å². The Kier molecular flexibility index (Phi) is 5.90. The second kappa shape index (κ2) is 7.23. The van der Waals surface area contributed by atoms with Crippen LogP contribution in [0, 0.1) is 0 Å². The van der Waals surface area contributed by atoms with Crippen LogP contribution in [0.4, 0.5) is 0 Å². The molecule has 1 N–H and O–H groups in total. The van der Waals surface area contributed by atoms with E-state index < -0.39 is 0 Å². The van der Waals surface area contributed by atoms with Crippen molar-refractivity contribution in [3.8, 4) is 0 Å². The normalized spacial score (nSPS) is 12.6. The van der Waals surface area contributed by atoms with Crippen molar-refractivity contribution in [1.82, 2.24) is 5.32 Å². The third kappa shape index (κ3) is 3.82. The first kappa shape index (κ1) is 15.5. The first-order chi connectivity index (χ1) is 9.13. The summed E-state index contributed by atoms with van der Waals surface area (Å²) in [6.07, 6.45) is 1.11. The fourth-order valence-corrected chi connectivity index (χ4v) is 4.07. The van der Waals surface area contributed by atoms with Crippen LogP contribution >= 0.6 is 54.8 Å². The molecule has 0 saturated heterocycles. The summed E-state index contributed by atoms with van der Waals surface area (Å²) in [6, 6.07) is 8.38.